The van der Waals surface area contributed by atoms with Gasteiger partial charge in [-0.25, -0.2) is 12.7 Å². The predicted molar refractivity (Wildman–Crippen MR) is 113 cm³/mol. The fraction of sp³-hybridized carbons (Fsp3) is 0.250. The van der Waals surface area contributed by atoms with Crippen LogP contribution < -0.4 is 25.6 Å². The van der Waals surface area contributed by atoms with E-state index in [1.807, 2.05) is 0 Å². The predicted octanol–water partition coefficient (Wildman–Crippen LogP) is -0.101. The highest BCUT2D eigenvalue weighted by molar-refractivity contribution is 7.89. The quantitative estimate of drug-likeness (QED) is 0.509. The van der Waals surface area contributed by atoms with Crippen LogP contribution in [0.4, 0.5) is 0 Å². The molecule has 12 heteroatoms. The molecule has 0 saturated carbocycles. The summed E-state index contributed by atoms with van der Waals surface area (Å²) in [6.07, 6.45) is 0. The number of rotatable bonds is 6. The average molecular weight is 462 g/mol. The minimum absolute atomic E-state index is 0.0497. The fourth-order valence-electron chi connectivity index (χ4n) is 2.70. The summed E-state index contributed by atoms with van der Waals surface area (Å²) in [5, 5.41) is 2.36. The van der Waals surface area contributed by atoms with Gasteiger partial charge in [0.25, 0.3) is 17.7 Å². The van der Waals surface area contributed by atoms with Crippen LogP contribution >= 0.6 is 0 Å². The van der Waals surface area contributed by atoms with Gasteiger partial charge in [-0.2, -0.15) is 0 Å². The monoisotopic (exact) mass is 462 g/mol. The van der Waals surface area contributed by atoms with E-state index in [-0.39, 0.29) is 16.0 Å². The van der Waals surface area contributed by atoms with Gasteiger partial charge < -0.3 is 14.8 Å². The van der Waals surface area contributed by atoms with E-state index in [0.29, 0.717) is 24.7 Å². The highest BCUT2D eigenvalue weighted by atomic mass is 32.2. The molecule has 1 aliphatic rings. The molecule has 0 aromatic heterocycles. The third-order valence-corrected chi connectivity index (χ3v) is 6.22. The maximum absolute atomic E-state index is 12.3. The van der Waals surface area contributed by atoms with Crippen molar-refractivity contribution in [3.8, 4) is 11.5 Å². The van der Waals surface area contributed by atoms with E-state index in [9.17, 15) is 22.8 Å². The van der Waals surface area contributed by atoms with Gasteiger partial charge in [-0.05, 0) is 36.4 Å². The first kappa shape index (κ1) is 23.0. The lowest BCUT2D eigenvalue weighted by Gasteiger charge is -2.18. The zero-order valence-electron chi connectivity index (χ0n) is 17.4. The Balaban J connectivity index is 1.52. The summed E-state index contributed by atoms with van der Waals surface area (Å²) in [6, 6.07) is 10.0. The van der Waals surface area contributed by atoms with E-state index in [1.165, 1.54) is 50.5 Å². The number of benzene rings is 2. The van der Waals surface area contributed by atoms with Crippen LogP contribution in [0.3, 0.4) is 0 Å². The molecule has 0 unspecified atom stereocenters. The van der Waals surface area contributed by atoms with Gasteiger partial charge in [-0.3, -0.25) is 25.2 Å². The molecule has 170 valence electrons. The molecule has 0 bridgehead atoms. The Morgan fingerprint density at radius 1 is 0.906 bits per heavy atom. The van der Waals surface area contributed by atoms with E-state index in [1.54, 1.807) is 6.07 Å². The summed E-state index contributed by atoms with van der Waals surface area (Å²) in [5.74, 6) is -0.943. The number of nitrogens with zero attached hydrogens (tertiary/aromatic N) is 1. The second-order valence-corrected chi connectivity index (χ2v) is 9.01. The van der Waals surface area contributed by atoms with E-state index in [4.69, 9.17) is 9.47 Å². The van der Waals surface area contributed by atoms with Crippen LogP contribution in [0.15, 0.2) is 47.4 Å². The zero-order chi connectivity index (χ0) is 23.3. The highest BCUT2D eigenvalue weighted by Gasteiger charge is 2.19. The normalized spacial score (nSPS) is 12.7. The summed E-state index contributed by atoms with van der Waals surface area (Å²) in [5.41, 5.74) is 4.75. The van der Waals surface area contributed by atoms with Crippen molar-refractivity contribution in [3.63, 3.8) is 0 Å². The number of nitrogens with one attached hydrogen (secondary N) is 3. The minimum Gasteiger partial charge on any atom is -0.486 e. The molecule has 0 saturated heterocycles. The lowest BCUT2D eigenvalue weighted by molar-refractivity contribution is -0.120. The largest absolute Gasteiger partial charge is 0.486 e. The third kappa shape index (κ3) is 5.34. The summed E-state index contributed by atoms with van der Waals surface area (Å²) in [4.78, 5) is 36.4. The SMILES string of the molecule is CN(C)S(=O)(=O)c1cccc(C(=O)NCC(=O)NNC(=O)c2ccc3c(c2)OCCO3)c1. The van der Waals surface area contributed by atoms with Crippen LogP contribution in [0.25, 0.3) is 0 Å². The molecule has 32 heavy (non-hydrogen) atoms. The summed E-state index contributed by atoms with van der Waals surface area (Å²) >= 11 is 0. The number of hydrogen-bond acceptors (Lipinski definition) is 7. The Morgan fingerprint density at radius 2 is 1.59 bits per heavy atom. The Morgan fingerprint density at radius 3 is 2.31 bits per heavy atom. The number of carbonyl (C=O) groups excluding carboxylic acids is 3. The van der Waals surface area contributed by atoms with Gasteiger partial charge in [0, 0.05) is 25.2 Å². The molecule has 1 aliphatic heterocycles. The van der Waals surface area contributed by atoms with Crippen LogP contribution in [-0.4, -0.2) is 64.3 Å². The molecule has 0 aliphatic carbocycles. The standard InChI is InChI=1S/C20H22N4O7S/c1-24(2)32(28,29)15-5-3-4-13(10-15)19(26)21-12-18(25)22-23-20(27)14-6-7-16-17(11-14)31-9-8-30-16/h3-7,10-11H,8-9,12H2,1-2H3,(H,21,26)(H,22,25)(H,23,27). The molecule has 2 aromatic carbocycles. The van der Waals surface area contributed by atoms with Gasteiger partial charge >= 0.3 is 0 Å². The number of hydrazine groups is 1. The molecule has 0 spiro atoms. The number of carbonyl (C=O) groups is 3. The topological polar surface area (TPSA) is 143 Å². The van der Waals surface area contributed by atoms with Crippen LogP contribution in [-0.2, 0) is 14.8 Å². The van der Waals surface area contributed by atoms with Gasteiger partial charge in [0.15, 0.2) is 11.5 Å². The first-order chi connectivity index (χ1) is 15.2. The average Bonchev–Trinajstić information content (AvgIpc) is 2.80. The molecule has 3 amide bonds. The Bertz CT molecular complexity index is 1150. The van der Waals surface area contributed by atoms with Gasteiger partial charge in [0.1, 0.15) is 13.2 Å². The van der Waals surface area contributed by atoms with Gasteiger partial charge in [-0.1, -0.05) is 6.07 Å². The van der Waals surface area contributed by atoms with Crippen molar-refractivity contribution in [2.45, 2.75) is 4.90 Å². The minimum atomic E-state index is -3.70. The van der Waals surface area contributed by atoms with Crippen molar-refractivity contribution in [3.05, 3.63) is 53.6 Å². The smallest absolute Gasteiger partial charge is 0.269 e. The van der Waals surface area contributed by atoms with Crippen LogP contribution in [0, 0.1) is 0 Å². The summed E-state index contributed by atoms with van der Waals surface area (Å²) in [6.45, 7) is 0.361. The second-order valence-electron chi connectivity index (χ2n) is 6.86. The van der Waals surface area contributed by atoms with E-state index in [0.717, 1.165) is 4.31 Å². The Hall–Kier alpha value is -3.64. The molecule has 1 heterocycles. The van der Waals surface area contributed by atoms with E-state index in [2.05, 4.69) is 16.2 Å². The van der Waals surface area contributed by atoms with Crippen molar-refractivity contribution in [2.75, 3.05) is 33.9 Å². The zero-order valence-corrected chi connectivity index (χ0v) is 18.2. The maximum Gasteiger partial charge on any atom is 0.269 e. The number of hydrogen-bond donors (Lipinski definition) is 3. The summed E-state index contributed by atoms with van der Waals surface area (Å²) < 4.78 is 36.2. The molecule has 3 rings (SSSR count). The van der Waals surface area contributed by atoms with Crippen molar-refractivity contribution in [2.24, 2.45) is 0 Å². The lowest BCUT2D eigenvalue weighted by atomic mass is 10.2. The number of amides is 3. The number of fused-ring (bicyclic) bond motifs is 1. The molecule has 3 N–H and O–H groups in total. The van der Waals surface area contributed by atoms with Crippen LogP contribution in [0.1, 0.15) is 20.7 Å². The lowest BCUT2D eigenvalue weighted by Crippen LogP contribution is -2.46. The first-order valence-electron chi connectivity index (χ1n) is 9.48. The molecule has 0 atom stereocenters. The molecular formula is C20H22N4O7S. The number of sulfonamides is 1. The third-order valence-electron chi connectivity index (χ3n) is 4.40. The molecule has 0 fully saturated rings. The maximum atomic E-state index is 12.3. The van der Waals surface area contributed by atoms with E-state index < -0.39 is 34.3 Å². The van der Waals surface area contributed by atoms with E-state index >= 15 is 0 Å². The van der Waals surface area contributed by atoms with Crippen LogP contribution in [0.2, 0.25) is 0 Å². The molecular weight excluding hydrogens is 440 g/mol. The van der Waals surface area contributed by atoms with Gasteiger partial charge in [0.05, 0.1) is 11.4 Å². The molecule has 0 radical (unpaired) electrons. The first-order valence-corrected chi connectivity index (χ1v) is 10.9. The van der Waals surface area contributed by atoms with Crippen LogP contribution in [0.5, 0.6) is 11.5 Å². The van der Waals surface area contributed by atoms with Gasteiger partial charge in [-0.15, -0.1) is 0 Å². The fourth-order valence-corrected chi connectivity index (χ4v) is 3.65. The second kappa shape index (κ2) is 9.66. The van der Waals surface area contributed by atoms with Gasteiger partial charge in [0.2, 0.25) is 10.0 Å². The van der Waals surface area contributed by atoms with Crippen molar-refractivity contribution >= 4 is 27.7 Å². The van der Waals surface area contributed by atoms with Crippen molar-refractivity contribution in [1.82, 2.24) is 20.5 Å². The summed E-state index contributed by atoms with van der Waals surface area (Å²) in [7, 11) is -0.944. The Kier molecular flexibility index (Phi) is 6.95. The van der Waals surface area contributed by atoms with Crippen molar-refractivity contribution in [1.29, 1.82) is 0 Å². The number of ether oxygens (including phenoxy) is 2. The van der Waals surface area contributed by atoms with Crippen molar-refractivity contribution < 1.29 is 32.3 Å². The Labute approximate surface area is 184 Å². The highest BCUT2D eigenvalue weighted by Crippen LogP contribution is 2.30. The molecule has 11 nitrogen and oxygen atoms in total. The molecule has 2 aromatic rings.